The SMILES string of the molecule is O=C(c1ccco1)N1CCN(c2ccc(N3C(=O)c4ccccc4C3=O)cc2Cl)CC1. The summed E-state index contributed by atoms with van der Waals surface area (Å²) in [5, 5.41) is 0.444. The molecule has 1 fully saturated rings. The Kier molecular flexibility index (Phi) is 4.75. The smallest absolute Gasteiger partial charge is 0.289 e. The second-order valence-electron chi connectivity index (χ2n) is 7.38. The number of carbonyl (C=O) groups excluding carboxylic acids is 3. The third-order valence-electron chi connectivity index (χ3n) is 5.62. The van der Waals surface area contributed by atoms with Gasteiger partial charge in [-0.3, -0.25) is 14.4 Å². The van der Waals surface area contributed by atoms with E-state index in [0.29, 0.717) is 53.8 Å². The molecule has 7 nitrogen and oxygen atoms in total. The molecule has 0 spiro atoms. The monoisotopic (exact) mass is 435 g/mol. The molecule has 31 heavy (non-hydrogen) atoms. The molecule has 2 aliphatic heterocycles. The van der Waals surface area contributed by atoms with Gasteiger partial charge in [0, 0.05) is 26.2 Å². The largest absolute Gasteiger partial charge is 0.459 e. The summed E-state index contributed by atoms with van der Waals surface area (Å²) in [6, 6.07) is 15.3. The summed E-state index contributed by atoms with van der Waals surface area (Å²) in [5.74, 6) is -0.502. The summed E-state index contributed by atoms with van der Waals surface area (Å²) >= 11 is 6.54. The van der Waals surface area contributed by atoms with Gasteiger partial charge in [-0.05, 0) is 42.5 Å². The number of amides is 3. The molecule has 0 radical (unpaired) electrons. The van der Waals surface area contributed by atoms with Crippen LogP contribution in [0.4, 0.5) is 11.4 Å². The third-order valence-corrected chi connectivity index (χ3v) is 5.93. The van der Waals surface area contributed by atoms with E-state index in [1.807, 2.05) is 6.07 Å². The summed E-state index contributed by atoms with van der Waals surface area (Å²) in [4.78, 5) is 42.8. The van der Waals surface area contributed by atoms with E-state index >= 15 is 0 Å². The summed E-state index contributed by atoms with van der Waals surface area (Å²) in [5.41, 5.74) is 2.02. The number of carbonyl (C=O) groups is 3. The third kappa shape index (κ3) is 3.27. The Morgan fingerprint density at radius 3 is 2.13 bits per heavy atom. The lowest BCUT2D eigenvalue weighted by atomic mass is 10.1. The fraction of sp³-hybridized carbons (Fsp3) is 0.174. The van der Waals surface area contributed by atoms with E-state index in [1.54, 1.807) is 53.4 Å². The fourth-order valence-corrected chi connectivity index (χ4v) is 4.32. The summed E-state index contributed by atoms with van der Waals surface area (Å²) < 4.78 is 5.20. The normalized spacial score (nSPS) is 16.1. The molecule has 1 saturated heterocycles. The van der Waals surface area contributed by atoms with Gasteiger partial charge in [-0.2, -0.15) is 0 Å². The van der Waals surface area contributed by atoms with Crippen molar-refractivity contribution in [1.29, 1.82) is 0 Å². The zero-order valence-electron chi connectivity index (χ0n) is 16.5. The van der Waals surface area contributed by atoms with Gasteiger partial charge >= 0.3 is 0 Å². The number of fused-ring (bicyclic) bond motifs is 1. The van der Waals surface area contributed by atoms with Crippen molar-refractivity contribution < 1.29 is 18.8 Å². The Morgan fingerprint density at radius 2 is 1.55 bits per heavy atom. The van der Waals surface area contributed by atoms with Gasteiger partial charge in [-0.1, -0.05) is 23.7 Å². The maximum Gasteiger partial charge on any atom is 0.289 e. The second kappa shape index (κ2) is 7.59. The molecular weight excluding hydrogens is 418 g/mol. The standard InChI is InChI=1S/C23H18ClN3O4/c24-18-14-15(27-21(28)16-4-1-2-5-17(16)22(27)29)7-8-19(18)25-9-11-26(12-10-25)23(30)20-6-3-13-31-20/h1-8,13-14H,9-12H2. The molecule has 0 saturated carbocycles. The minimum absolute atomic E-state index is 0.128. The van der Waals surface area contributed by atoms with E-state index in [1.165, 1.54) is 6.26 Å². The van der Waals surface area contributed by atoms with Crippen molar-refractivity contribution in [2.75, 3.05) is 36.0 Å². The van der Waals surface area contributed by atoms with Crippen molar-refractivity contribution in [3.8, 4) is 0 Å². The van der Waals surface area contributed by atoms with E-state index in [-0.39, 0.29) is 17.7 Å². The van der Waals surface area contributed by atoms with Crippen molar-refractivity contribution >= 4 is 40.7 Å². The van der Waals surface area contributed by atoms with Crippen LogP contribution in [0.5, 0.6) is 0 Å². The molecule has 0 unspecified atom stereocenters. The van der Waals surface area contributed by atoms with Crippen LogP contribution in [0.1, 0.15) is 31.3 Å². The Labute approximate surface area is 183 Å². The van der Waals surface area contributed by atoms with Crippen LogP contribution in [0.25, 0.3) is 0 Å². The topological polar surface area (TPSA) is 74.1 Å². The summed E-state index contributed by atoms with van der Waals surface area (Å²) in [6.45, 7) is 2.29. The molecule has 0 N–H and O–H groups in total. The van der Waals surface area contributed by atoms with E-state index in [2.05, 4.69) is 4.90 Å². The number of piperazine rings is 1. The quantitative estimate of drug-likeness (QED) is 0.586. The summed E-state index contributed by atoms with van der Waals surface area (Å²) in [7, 11) is 0. The number of hydrogen-bond donors (Lipinski definition) is 0. The Hall–Kier alpha value is -3.58. The second-order valence-corrected chi connectivity index (χ2v) is 7.79. The van der Waals surface area contributed by atoms with Crippen molar-refractivity contribution in [2.45, 2.75) is 0 Å². The van der Waals surface area contributed by atoms with E-state index in [9.17, 15) is 14.4 Å². The van der Waals surface area contributed by atoms with Crippen molar-refractivity contribution in [1.82, 2.24) is 4.90 Å². The van der Waals surface area contributed by atoms with Gasteiger partial charge in [0.15, 0.2) is 5.76 Å². The van der Waals surface area contributed by atoms with Crippen LogP contribution in [-0.4, -0.2) is 48.8 Å². The molecule has 8 heteroatoms. The maximum atomic E-state index is 12.7. The molecule has 0 atom stereocenters. The lowest BCUT2D eigenvalue weighted by molar-refractivity contribution is 0.0714. The molecule has 0 bridgehead atoms. The number of imide groups is 1. The highest BCUT2D eigenvalue weighted by Gasteiger charge is 2.36. The van der Waals surface area contributed by atoms with Gasteiger partial charge in [0.1, 0.15) is 0 Å². The van der Waals surface area contributed by atoms with Crippen LogP contribution in [-0.2, 0) is 0 Å². The zero-order valence-corrected chi connectivity index (χ0v) is 17.2. The molecule has 0 aliphatic carbocycles. The van der Waals surface area contributed by atoms with Gasteiger partial charge in [0.25, 0.3) is 17.7 Å². The van der Waals surface area contributed by atoms with Gasteiger partial charge in [-0.15, -0.1) is 0 Å². The van der Waals surface area contributed by atoms with Crippen molar-refractivity contribution in [3.05, 3.63) is 82.8 Å². The highest BCUT2D eigenvalue weighted by Crippen LogP contribution is 2.34. The molecule has 3 aromatic rings. The number of halogens is 1. The highest BCUT2D eigenvalue weighted by molar-refractivity contribution is 6.36. The average Bonchev–Trinajstić information content (AvgIpc) is 3.41. The molecule has 3 amide bonds. The average molecular weight is 436 g/mol. The number of rotatable bonds is 3. The lowest BCUT2D eigenvalue weighted by Crippen LogP contribution is -2.48. The van der Waals surface area contributed by atoms with Crippen LogP contribution in [0, 0.1) is 0 Å². The van der Waals surface area contributed by atoms with E-state index < -0.39 is 0 Å². The van der Waals surface area contributed by atoms with Crippen LogP contribution in [0.3, 0.4) is 0 Å². The molecule has 2 aromatic carbocycles. The number of furan rings is 1. The van der Waals surface area contributed by atoms with Crippen molar-refractivity contribution in [3.63, 3.8) is 0 Å². The first kappa shape index (κ1) is 19.4. The summed E-state index contributed by atoms with van der Waals surface area (Å²) in [6.07, 6.45) is 1.49. The Bertz CT molecular complexity index is 1150. The number of anilines is 2. The molecule has 2 aliphatic rings. The molecule has 1 aromatic heterocycles. The molecule has 156 valence electrons. The van der Waals surface area contributed by atoms with Crippen LogP contribution < -0.4 is 9.80 Å². The van der Waals surface area contributed by atoms with Crippen LogP contribution >= 0.6 is 11.6 Å². The molecule has 3 heterocycles. The van der Waals surface area contributed by atoms with Gasteiger partial charge < -0.3 is 14.2 Å². The highest BCUT2D eigenvalue weighted by atomic mass is 35.5. The maximum absolute atomic E-state index is 12.7. The first-order valence-corrected chi connectivity index (χ1v) is 10.3. The lowest BCUT2D eigenvalue weighted by Gasteiger charge is -2.36. The van der Waals surface area contributed by atoms with Crippen LogP contribution in [0.15, 0.2) is 65.3 Å². The van der Waals surface area contributed by atoms with Crippen molar-refractivity contribution in [2.24, 2.45) is 0 Å². The minimum atomic E-state index is -0.352. The van der Waals surface area contributed by atoms with Crippen LogP contribution in [0.2, 0.25) is 5.02 Å². The Balaban J connectivity index is 1.32. The zero-order chi connectivity index (χ0) is 21.5. The van der Waals surface area contributed by atoms with E-state index in [4.69, 9.17) is 16.0 Å². The number of benzene rings is 2. The first-order chi connectivity index (χ1) is 15.0. The fourth-order valence-electron chi connectivity index (χ4n) is 4.02. The molecule has 5 rings (SSSR count). The van der Waals surface area contributed by atoms with Gasteiger partial charge in [-0.25, -0.2) is 4.90 Å². The predicted octanol–water partition coefficient (Wildman–Crippen LogP) is 3.70. The van der Waals surface area contributed by atoms with Gasteiger partial charge in [0.05, 0.1) is 33.8 Å². The minimum Gasteiger partial charge on any atom is -0.459 e. The number of hydrogen-bond acceptors (Lipinski definition) is 5. The Morgan fingerprint density at radius 1 is 0.871 bits per heavy atom. The molecular formula is C23H18ClN3O4. The van der Waals surface area contributed by atoms with E-state index in [0.717, 1.165) is 10.6 Å². The number of nitrogens with zero attached hydrogens (tertiary/aromatic N) is 3. The first-order valence-electron chi connectivity index (χ1n) is 9.89. The van der Waals surface area contributed by atoms with Gasteiger partial charge in [0.2, 0.25) is 0 Å². The predicted molar refractivity (Wildman–Crippen MR) is 116 cm³/mol.